The number of alkyl halides is 3. The zero-order valence-electron chi connectivity index (χ0n) is 20.5. The molecule has 37 heavy (non-hydrogen) atoms. The van der Waals surface area contributed by atoms with E-state index in [9.17, 15) is 17.6 Å². The van der Waals surface area contributed by atoms with E-state index in [1.54, 1.807) is 36.3 Å². The molecule has 1 fully saturated rings. The molecule has 0 saturated carbocycles. The molecular formula is C25H27F4N7S. The van der Waals surface area contributed by atoms with Crippen LogP contribution in [0, 0.1) is 12.7 Å². The van der Waals surface area contributed by atoms with Crippen LogP contribution in [0.5, 0.6) is 0 Å². The van der Waals surface area contributed by atoms with Gasteiger partial charge in [0.2, 0.25) is 0 Å². The second-order valence-electron chi connectivity index (χ2n) is 9.22. The van der Waals surface area contributed by atoms with Gasteiger partial charge >= 0.3 is 6.18 Å². The van der Waals surface area contributed by atoms with E-state index in [4.69, 9.17) is 0 Å². The van der Waals surface area contributed by atoms with Gasteiger partial charge in [0.15, 0.2) is 5.03 Å². The first-order chi connectivity index (χ1) is 17.7. The van der Waals surface area contributed by atoms with Crippen molar-refractivity contribution in [3.05, 3.63) is 65.7 Å². The van der Waals surface area contributed by atoms with Gasteiger partial charge in [0.25, 0.3) is 0 Å². The van der Waals surface area contributed by atoms with Crippen LogP contribution in [0.4, 0.5) is 17.6 Å². The molecule has 1 aliphatic heterocycles. The fourth-order valence-corrected chi connectivity index (χ4v) is 5.67. The Kier molecular flexibility index (Phi) is 7.24. The number of benzene rings is 2. The van der Waals surface area contributed by atoms with E-state index in [0.717, 1.165) is 32.7 Å². The number of hydrogen-bond acceptors (Lipinski definition) is 6. The predicted molar refractivity (Wildman–Crippen MR) is 134 cm³/mol. The first kappa shape index (κ1) is 25.7. The summed E-state index contributed by atoms with van der Waals surface area (Å²) in [5.74, 6) is -0.314. The molecule has 1 aliphatic rings. The lowest BCUT2D eigenvalue weighted by Crippen LogP contribution is -2.46. The first-order valence-electron chi connectivity index (χ1n) is 12.0. The van der Waals surface area contributed by atoms with Crippen LogP contribution in [0.1, 0.15) is 30.0 Å². The van der Waals surface area contributed by atoms with Gasteiger partial charge in [-0.05, 0) is 79.4 Å². The summed E-state index contributed by atoms with van der Waals surface area (Å²) < 4.78 is 56.0. The second-order valence-corrected chi connectivity index (χ2v) is 10.3. The second kappa shape index (κ2) is 10.4. The van der Waals surface area contributed by atoms with E-state index in [0.29, 0.717) is 26.2 Å². The van der Waals surface area contributed by atoms with Gasteiger partial charge in [0.1, 0.15) is 5.82 Å². The van der Waals surface area contributed by atoms with Crippen molar-refractivity contribution in [2.75, 3.05) is 26.2 Å². The molecular weight excluding hydrogens is 506 g/mol. The van der Waals surface area contributed by atoms with Gasteiger partial charge in [-0.25, -0.2) is 13.4 Å². The Bertz CT molecular complexity index is 1370. The minimum Gasteiger partial charge on any atom is -0.294 e. The average Bonchev–Trinajstić information content (AvgIpc) is 3.44. The quantitative estimate of drug-likeness (QED) is 0.237. The number of fused-ring (bicyclic) bond motifs is 1. The number of nitrogens with zero attached hydrogens (tertiary/aromatic N) is 7. The molecule has 1 atom stereocenters. The van der Waals surface area contributed by atoms with Crippen molar-refractivity contribution in [3.63, 3.8) is 0 Å². The third-order valence-corrected chi connectivity index (χ3v) is 7.51. The van der Waals surface area contributed by atoms with Crippen molar-refractivity contribution in [1.29, 1.82) is 0 Å². The van der Waals surface area contributed by atoms with Crippen LogP contribution >= 0.6 is 11.9 Å². The van der Waals surface area contributed by atoms with Gasteiger partial charge in [-0.15, -0.1) is 5.10 Å². The summed E-state index contributed by atoms with van der Waals surface area (Å²) in [5.41, 5.74) is 3.72. The maximum Gasteiger partial charge on any atom is 0.389 e. The number of aryl methyl sites for hydroxylation is 2. The molecule has 3 heterocycles. The minimum absolute atomic E-state index is 0.0566. The van der Waals surface area contributed by atoms with Gasteiger partial charge in [0, 0.05) is 44.5 Å². The zero-order chi connectivity index (χ0) is 26.2. The fraction of sp³-hybridized carbons (Fsp3) is 0.400. The largest absolute Gasteiger partial charge is 0.389 e. The van der Waals surface area contributed by atoms with Crippen LogP contribution in [-0.2, 0) is 7.05 Å². The third-order valence-electron chi connectivity index (χ3n) is 6.55. The predicted octanol–water partition coefficient (Wildman–Crippen LogP) is 5.31. The topological polar surface area (TPSA) is 55.0 Å². The van der Waals surface area contributed by atoms with Crippen molar-refractivity contribution in [2.45, 2.75) is 37.0 Å². The maximum absolute atomic E-state index is 13.4. The van der Waals surface area contributed by atoms with Gasteiger partial charge in [-0.1, -0.05) is 0 Å². The summed E-state index contributed by atoms with van der Waals surface area (Å²) in [6.45, 7) is 4.35. The van der Waals surface area contributed by atoms with Crippen LogP contribution in [0.3, 0.4) is 0 Å². The van der Waals surface area contributed by atoms with Crippen molar-refractivity contribution < 1.29 is 17.6 Å². The molecule has 0 N–H and O–H groups in total. The zero-order valence-corrected chi connectivity index (χ0v) is 21.3. The van der Waals surface area contributed by atoms with Gasteiger partial charge in [-0.3, -0.25) is 4.90 Å². The minimum atomic E-state index is -4.16. The Morgan fingerprint density at radius 1 is 1.05 bits per heavy atom. The summed E-state index contributed by atoms with van der Waals surface area (Å²) in [4.78, 5) is 3.65. The number of hydrogen-bond donors (Lipinski definition) is 0. The number of piperazine rings is 1. The molecule has 196 valence electrons. The molecule has 5 rings (SSSR count). The van der Waals surface area contributed by atoms with E-state index < -0.39 is 12.6 Å². The SMILES string of the molecule is Cc1cc2c(cnn2-c2ccc(F)cc2)cc1C1CN(Sc2cnn(C)n2)CCN1CCCC(F)(F)F. The Morgan fingerprint density at radius 3 is 2.54 bits per heavy atom. The molecule has 1 unspecified atom stereocenters. The normalized spacial score (nSPS) is 17.6. The Hall–Kier alpha value is -2.96. The van der Waals surface area contributed by atoms with Crippen molar-refractivity contribution in [2.24, 2.45) is 7.05 Å². The molecule has 12 heteroatoms. The summed E-state index contributed by atoms with van der Waals surface area (Å²) in [7, 11) is 1.76. The lowest BCUT2D eigenvalue weighted by Gasteiger charge is -2.41. The van der Waals surface area contributed by atoms with Crippen LogP contribution < -0.4 is 0 Å². The molecule has 0 bridgehead atoms. The standard InChI is InChI=1S/C25H27F4N7S/c1-17-12-22-18(14-31-36(22)20-6-4-19(26)5-7-20)13-21(17)23-16-35(37-24-15-30-33(2)32-24)11-10-34(23)9-3-8-25(27,28)29/h4-7,12-15,23H,3,8-11,16H2,1-2H3. The van der Waals surface area contributed by atoms with E-state index in [-0.39, 0.29) is 18.3 Å². The average molecular weight is 534 g/mol. The molecule has 7 nitrogen and oxygen atoms in total. The van der Waals surface area contributed by atoms with E-state index in [1.807, 2.05) is 13.0 Å². The van der Waals surface area contributed by atoms with Crippen molar-refractivity contribution >= 4 is 22.9 Å². The van der Waals surface area contributed by atoms with Crippen molar-refractivity contribution in [1.82, 2.24) is 34.0 Å². The lowest BCUT2D eigenvalue weighted by atomic mass is 9.96. The Labute approximate surface area is 216 Å². The Balaban J connectivity index is 1.44. The number of halogens is 4. The molecule has 0 spiro atoms. The smallest absolute Gasteiger partial charge is 0.294 e. The monoisotopic (exact) mass is 533 g/mol. The summed E-state index contributed by atoms with van der Waals surface area (Å²) in [6.07, 6.45) is -1.43. The molecule has 1 saturated heterocycles. The number of aromatic nitrogens is 5. The molecule has 2 aromatic heterocycles. The summed E-state index contributed by atoms with van der Waals surface area (Å²) in [5, 5.41) is 14.7. The highest BCUT2D eigenvalue weighted by Crippen LogP contribution is 2.35. The van der Waals surface area contributed by atoms with Gasteiger partial charge in [-0.2, -0.15) is 28.2 Å². The lowest BCUT2D eigenvalue weighted by molar-refractivity contribution is -0.136. The van der Waals surface area contributed by atoms with Crippen LogP contribution in [0.2, 0.25) is 0 Å². The third kappa shape index (κ3) is 5.97. The van der Waals surface area contributed by atoms with Crippen molar-refractivity contribution in [3.8, 4) is 5.69 Å². The van der Waals surface area contributed by atoms with E-state index in [1.165, 1.54) is 28.9 Å². The highest BCUT2D eigenvalue weighted by atomic mass is 32.2. The van der Waals surface area contributed by atoms with Crippen LogP contribution in [0.25, 0.3) is 16.6 Å². The van der Waals surface area contributed by atoms with E-state index in [2.05, 4.69) is 30.6 Å². The maximum atomic E-state index is 13.4. The number of rotatable bonds is 7. The molecule has 0 amide bonds. The van der Waals surface area contributed by atoms with Crippen LogP contribution in [-0.4, -0.2) is 66.3 Å². The van der Waals surface area contributed by atoms with Gasteiger partial charge < -0.3 is 0 Å². The molecule has 0 radical (unpaired) electrons. The van der Waals surface area contributed by atoms with Gasteiger partial charge in [0.05, 0.1) is 23.6 Å². The highest BCUT2D eigenvalue weighted by molar-refractivity contribution is 7.97. The van der Waals surface area contributed by atoms with E-state index >= 15 is 0 Å². The highest BCUT2D eigenvalue weighted by Gasteiger charge is 2.32. The molecule has 0 aliphatic carbocycles. The van der Waals surface area contributed by atoms with Crippen LogP contribution in [0.15, 0.2) is 53.8 Å². The molecule has 2 aromatic carbocycles. The fourth-order valence-electron chi connectivity index (χ4n) is 4.77. The molecule has 4 aromatic rings. The first-order valence-corrected chi connectivity index (χ1v) is 12.8. The summed E-state index contributed by atoms with van der Waals surface area (Å²) in [6, 6.07) is 10.2. The Morgan fingerprint density at radius 2 is 1.84 bits per heavy atom. The summed E-state index contributed by atoms with van der Waals surface area (Å²) >= 11 is 1.51.